The van der Waals surface area contributed by atoms with Crippen LogP contribution in [0.1, 0.15) is 42.5 Å². The lowest BCUT2D eigenvalue weighted by Crippen LogP contribution is -2.36. The van der Waals surface area contributed by atoms with E-state index in [4.69, 9.17) is 0 Å². The van der Waals surface area contributed by atoms with Gasteiger partial charge in [0.1, 0.15) is 10.7 Å². The zero-order valence-corrected chi connectivity index (χ0v) is 18.3. The van der Waals surface area contributed by atoms with Crippen LogP contribution in [0.3, 0.4) is 0 Å². The summed E-state index contributed by atoms with van der Waals surface area (Å²) in [6.45, 7) is 0.689. The van der Waals surface area contributed by atoms with Gasteiger partial charge in [0.05, 0.1) is 0 Å². The number of sulfonamides is 1. The highest BCUT2D eigenvalue weighted by molar-refractivity contribution is 7.89. The van der Waals surface area contributed by atoms with Gasteiger partial charge in [-0.15, -0.1) is 0 Å². The van der Waals surface area contributed by atoms with Gasteiger partial charge in [0, 0.05) is 36.1 Å². The molecule has 8 nitrogen and oxygen atoms in total. The van der Waals surface area contributed by atoms with E-state index >= 15 is 0 Å². The third-order valence-electron chi connectivity index (χ3n) is 5.44. The average Bonchev–Trinajstić information content (AvgIpc) is 3.59. The first-order valence-electron chi connectivity index (χ1n) is 10.6. The van der Waals surface area contributed by atoms with Crippen LogP contribution in [0, 0.1) is 5.82 Å². The van der Waals surface area contributed by atoms with Crippen LogP contribution >= 0.6 is 0 Å². The van der Waals surface area contributed by atoms with Crippen molar-refractivity contribution in [2.45, 2.75) is 43.0 Å². The predicted molar refractivity (Wildman–Crippen MR) is 119 cm³/mol. The van der Waals surface area contributed by atoms with Crippen molar-refractivity contribution in [1.82, 2.24) is 9.62 Å². The number of carbonyl (C=O) groups is 2. The maximum Gasteiger partial charge on any atom is 0.319 e. The number of benzene rings is 2. The molecule has 3 amide bonds. The van der Waals surface area contributed by atoms with Crippen molar-refractivity contribution in [3.8, 4) is 0 Å². The van der Waals surface area contributed by atoms with Crippen molar-refractivity contribution >= 4 is 33.3 Å². The summed E-state index contributed by atoms with van der Waals surface area (Å²) in [5, 5.41) is 8.18. The van der Waals surface area contributed by atoms with Crippen molar-refractivity contribution in [3.05, 3.63) is 53.8 Å². The molecule has 3 N–H and O–H groups in total. The van der Waals surface area contributed by atoms with E-state index in [9.17, 15) is 22.4 Å². The molecule has 0 radical (unpaired) electrons. The summed E-state index contributed by atoms with van der Waals surface area (Å²) >= 11 is 0. The number of carbonyl (C=O) groups excluding carboxylic acids is 2. The molecule has 0 unspecified atom stereocenters. The summed E-state index contributed by atoms with van der Waals surface area (Å²) < 4.78 is 41.3. The second-order valence-corrected chi connectivity index (χ2v) is 9.92. The molecular formula is C22H25FN4O4S. The first kappa shape index (κ1) is 22.2. The number of amides is 3. The Bertz CT molecular complexity index is 1110. The molecule has 0 aromatic heterocycles. The van der Waals surface area contributed by atoms with E-state index in [1.807, 2.05) is 0 Å². The smallest absolute Gasteiger partial charge is 0.319 e. The number of nitrogens with one attached hydrogen (secondary N) is 3. The lowest BCUT2D eigenvalue weighted by atomic mass is 10.2. The zero-order valence-electron chi connectivity index (χ0n) is 17.4. The highest BCUT2D eigenvalue weighted by Gasteiger charge is 2.29. The van der Waals surface area contributed by atoms with Gasteiger partial charge in [-0.2, -0.15) is 4.31 Å². The summed E-state index contributed by atoms with van der Waals surface area (Å²) in [5.74, 6) is -1.45. The van der Waals surface area contributed by atoms with Crippen molar-refractivity contribution in [2.24, 2.45) is 0 Å². The van der Waals surface area contributed by atoms with E-state index in [1.54, 1.807) is 24.3 Å². The van der Waals surface area contributed by atoms with Gasteiger partial charge in [-0.3, -0.25) is 4.79 Å². The first-order valence-corrected chi connectivity index (χ1v) is 12.1. The van der Waals surface area contributed by atoms with Gasteiger partial charge in [-0.25, -0.2) is 17.6 Å². The van der Waals surface area contributed by atoms with Gasteiger partial charge in [0.2, 0.25) is 10.0 Å². The largest absolute Gasteiger partial charge is 0.335 e. The third-order valence-corrected chi connectivity index (χ3v) is 7.35. The molecule has 0 atom stereocenters. The number of nitrogens with zero attached hydrogens (tertiary/aromatic N) is 1. The number of urea groups is 1. The van der Waals surface area contributed by atoms with Gasteiger partial charge in [0.15, 0.2) is 0 Å². The molecule has 2 aliphatic rings. The molecule has 1 saturated heterocycles. The van der Waals surface area contributed by atoms with Gasteiger partial charge >= 0.3 is 6.03 Å². The average molecular weight is 461 g/mol. The third kappa shape index (κ3) is 5.25. The van der Waals surface area contributed by atoms with Crippen molar-refractivity contribution in [1.29, 1.82) is 0 Å². The SMILES string of the molecule is O=C(Nc1ccc(NC(=O)c2ccc(F)c(S(=O)(=O)N3CCCCC3)c2)cc1)NC1CC1. The van der Waals surface area contributed by atoms with Crippen molar-refractivity contribution in [2.75, 3.05) is 23.7 Å². The van der Waals surface area contributed by atoms with Crippen LogP contribution in [0.2, 0.25) is 0 Å². The Morgan fingerprint density at radius 3 is 2.16 bits per heavy atom. The zero-order chi connectivity index (χ0) is 22.7. The minimum absolute atomic E-state index is 0.0352. The van der Waals surface area contributed by atoms with Gasteiger partial charge < -0.3 is 16.0 Å². The van der Waals surface area contributed by atoms with Crippen molar-refractivity contribution in [3.63, 3.8) is 0 Å². The molecule has 0 spiro atoms. The minimum atomic E-state index is -4.01. The fourth-order valence-corrected chi connectivity index (χ4v) is 5.11. The second-order valence-electron chi connectivity index (χ2n) is 8.01. The maximum atomic E-state index is 14.4. The first-order chi connectivity index (χ1) is 15.3. The highest BCUT2D eigenvalue weighted by atomic mass is 32.2. The van der Waals surface area contributed by atoms with E-state index in [0.29, 0.717) is 24.5 Å². The molecule has 32 heavy (non-hydrogen) atoms. The Morgan fingerprint density at radius 2 is 1.53 bits per heavy atom. The number of anilines is 2. The van der Waals surface area contributed by atoms with E-state index < -0.39 is 26.6 Å². The molecule has 2 fully saturated rings. The van der Waals surface area contributed by atoms with Crippen LogP contribution in [0.25, 0.3) is 0 Å². The molecule has 1 aliphatic carbocycles. The normalized spacial score (nSPS) is 16.9. The van der Waals surface area contributed by atoms with Gasteiger partial charge in [0.25, 0.3) is 5.91 Å². The summed E-state index contributed by atoms with van der Waals surface area (Å²) in [6.07, 6.45) is 4.38. The summed E-state index contributed by atoms with van der Waals surface area (Å²) in [7, 11) is -4.01. The van der Waals surface area contributed by atoms with E-state index in [-0.39, 0.29) is 17.6 Å². The fraction of sp³-hybridized carbons (Fsp3) is 0.364. The summed E-state index contributed by atoms with van der Waals surface area (Å²) in [6, 6.07) is 9.78. The van der Waals surface area contributed by atoms with Crippen LogP contribution < -0.4 is 16.0 Å². The van der Waals surface area contributed by atoms with E-state index in [0.717, 1.165) is 44.2 Å². The lowest BCUT2D eigenvalue weighted by molar-refractivity contribution is 0.102. The molecule has 1 heterocycles. The molecular weight excluding hydrogens is 435 g/mol. The lowest BCUT2D eigenvalue weighted by Gasteiger charge is -2.26. The van der Waals surface area contributed by atoms with Gasteiger partial charge in [-0.05, 0) is 68.1 Å². The molecule has 1 aliphatic heterocycles. The number of rotatable bonds is 6. The van der Waals surface area contributed by atoms with E-state index in [2.05, 4.69) is 16.0 Å². The Labute approximate surface area is 186 Å². The quantitative estimate of drug-likeness (QED) is 0.613. The topological polar surface area (TPSA) is 108 Å². The molecule has 10 heteroatoms. The summed E-state index contributed by atoms with van der Waals surface area (Å²) in [5.41, 5.74) is 1.05. The minimum Gasteiger partial charge on any atom is -0.335 e. The Hall–Kier alpha value is -2.98. The highest BCUT2D eigenvalue weighted by Crippen LogP contribution is 2.25. The van der Waals surface area contributed by atoms with Crippen molar-refractivity contribution < 1.29 is 22.4 Å². The van der Waals surface area contributed by atoms with Gasteiger partial charge in [-0.1, -0.05) is 6.42 Å². The summed E-state index contributed by atoms with van der Waals surface area (Å²) in [4.78, 5) is 23.9. The molecule has 4 rings (SSSR count). The van der Waals surface area contributed by atoms with E-state index in [1.165, 1.54) is 10.4 Å². The maximum absolute atomic E-state index is 14.4. The number of hydrogen-bond donors (Lipinski definition) is 3. The molecule has 2 aromatic carbocycles. The van der Waals surface area contributed by atoms with Crippen LogP contribution in [-0.2, 0) is 10.0 Å². The van der Waals surface area contributed by atoms with Crippen LogP contribution in [0.4, 0.5) is 20.6 Å². The molecule has 1 saturated carbocycles. The molecule has 170 valence electrons. The van der Waals surface area contributed by atoms with Crippen LogP contribution in [-0.4, -0.2) is 43.8 Å². The van der Waals surface area contributed by atoms with Crippen LogP contribution in [0.15, 0.2) is 47.4 Å². The van der Waals surface area contributed by atoms with Crippen LogP contribution in [0.5, 0.6) is 0 Å². The number of hydrogen-bond acceptors (Lipinski definition) is 4. The molecule has 2 aromatic rings. The standard InChI is InChI=1S/C22H25FN4O4S/c23-19-11-4-15(14-20(19)32(30,31)27-12-2-1-3-13-27)21(28)24-16-5-7-17(8-6-16)25-22(29)26-18-9-10-18/h4-8,11,14,18H,1-3,9-10,12-13H2,(H,24,28)(H2,25,26,29). The predicted octanol–water partition coefficient (Wildman–Crippen LogP) is 3.54. The Morgan fingerprint density at radius 1 is 0.906 bits per heavy atom. The number of halogens is 1. The molecule has 0 bridgehead atoms. The fourth-order valence-electron chi connectivity index (χ4n) is 3.51. The Balaban J connectivity index is 1.44. The second kappa shape index (κ2) is 9.25. The number of piperidine rings is 1. The Kier molecular flexibility index (Phi) is 6.43. The monoisotopic (exact) mass is 460 g/mol.